The topological polar surface area (TPSA) is 20.2 Å². The van der Waals surface area contributed by atoms with Crippen molar-refractivity contribution in [2.45, 2.75) is 12.8 Å². The third kappa shape index (κ3) is 1.90. The van der Waals surface area contributed by atoms with Gasteiger partial charge in [0.15, 0.2) is 0 Å². The van der Waals surface area contributed by atoms with Gasteiger partial charge in [0.25, 0.3) is 0 Å². The Kier molecular flexibility index (Phi) is 2.44. The molecular formula is C12H11BO. The van der Waals surface area contributed by atoms with Gasteiger partial charge < -0.3 is 5.11 Å². The lowest BCUT2D eigenvalue weighted by molar-refractivity contribution is 0.388. The molecule has 1 aliphatic rings. The molecule has 1 aromatic carbocycles. The predicted molar refractivity (Wildman–Crippen MR) is 59.8 cm³/mol. The minimum atomic E-state index is 0.462. The van der Waals surface area contributed by atoms with Crippen molar-refractivity contribution in [3.8, 4) is 0 Å². The Balaban J connectivity index is 2.28. The Morgan fingerprint density at radius 3 is 2.29 bits per heavy atom. The highest BCUT2D eigenvalue weighted by molar-refractivity contribution is 6.32. The average molecular weight is 182 g/mol. The van der Waals surface area contributed by atoms with Crippen LogP contribution >= 0.6 is 0 Å². The summed E-state index contributed by atoms with van der Waals surface area (Å²) >= 11 is 0. The molecule has 14 heavy (non-hydrogen) atoms. The zero-order valence-corrected chi connectivity index (χ0v) is 7.90. The molecular weight excluding hydrogens is 171 g/mol. The molecule has 2 radical (unpaired) electrons. The number of aliphatic hydroxyl groups excluding tert-OH is 1. The molecule has 0 amide bonds. The van der Waals surface area contributed by atoms with Crippen LogP contribution < -0.4 is 5.46 Å². The van der Waals surface area contributed by atoms with E-state index in [9.17, 15) is 5.11 Å². The number of aliphatic hydroxyl groups is 1. The highest BCUT2D eigenvalue weighted by atomic mass is 16.3. The van der Waals surface area contributed by atoms with Crippen LogP contribution in [0.25, 0.3) is 5.57 Å². The summed E-state index contributed by atoms with van der Waals surface area (Å²) in [5.41, 5.74) is 3.22. The highest BCUT2D eigenvalue weighted by Gasteiger charge is 2.06. The Labute approximate surface area is 85.2 Å². The van der Waals surface area contributed by atoms with Crippen molar-refractivity contribution >= 4 is 18.9 Å². The van der Waals surface area contributed by atoms with Crippen LogP contribution in [-0.4, -0.2) is 13.0 Å². The van der Waals surface area contributed by atoms with E-state index in [-0.39, 0.29) is 0 Å². The van der Waals surface area contributed by atoms with Gasteiger partial charge in [-0.3, -0.25) is 0 Å². The Hall–Kier alpha value is -1.44. The third-order valence-corrected chi connectivity index (χ3v) is 2.41. The maximum atomic E-state index is 9.21. The Bertz CT molecular complexity index is 387. The van der Waals surface area contributed by atoms with Crippen molar-refractivity contribution < 1.29 is 5.11 Å². The minimum Gasteiger partial charge on any atom is -0.512 e. The molecule has 0 fully saturated rings. The molecule has 0 bridgehead atoms. The smallest absolute Gasteiger partial charge is 0.113 e. The van der Waals surface area contributed by atoms with Crippen molar-refractivity contribution in [1.29, 1.82) is 0 Å². The van der Waals surface area contributed by atoms with Crippen molar-refractivity contribution in [2.75, 3.05) is 0 Å². The fraction of sp³-hybridized carbons (Fsp3) is 0.167. The van der Waals surface area contributed by atoms with Crippen LogP contribution in [0.2, 0.25) is 0 Å². The van der Waals surface area contributed by atoms with Gasteiger partial charge >= 0.3 is 0 Å². The van der Waals surface area contributed by atoms with E-state index >= 15 is 0 Å². The molecule has 2 rings (SSSR count). The molecule has 0 saturated carbocycles. The van der Waals surface area contributed by atoms with Crippen molar-refractivity contribution in [1.82, 2.24) is 0 Å². The lowest BCUT2D eigenvalue weighted by Crippen LogP contribution is -2.01. The van der Waals surface area contributed by atoms with Gasteiger partial charge in [0.1, 0.15) is 7.85 Å². The summed E-state index contributed by atoms with van der Waals surface area (Å²) in [7, 11) is 5.61. The summed E-state index contributed by atoms with van der Waals surface area (Å²) in [5.74, 6) is 0.462. The summed E-state index contributed by atoms with van der Waals surface area (Å²) < 4.78 is 0. The fourth-order valence-corrected chi connectivity index (χ4v) is 1.56. The van der Waals surface area contributed by atoms with Crippen LogP contribution in [0.5, 0.6) is 0 Å². The van der Waals surface area contributed by atoms with Gasteiger partial charge in [0.2, 0.25) is 0 Å². The van der Waals surface area contributed by atoms with Gasteiger partial charge in [-0.25, -0.2) is 0 Å². The second-order valence-corrected chi connectivity index (χ2v) is 3.47. The van der Waals surface area contributed by atoms with E-state index in [1.54, 1.807) is 6.08 Å². The summed E-state index contributed by atoms with van der Waals surface area (Å²) in [6.45, 7) is 0. The Morgan fingerprint density at radius 1 is 1.00 bits per heavy atom. The van der Waals surface area contributed by atoms with E-state index < -0.39 is 0 Å². The molecule has 1 aromatic rings. The lowest BCUT2D eigenvalue weighted by atomic mass is 9.91. The summed E-state index contributed by atoms with van der Waals surface area (Å²) in [4.78, 5) is 0. The Morgan fingerprint density at radius 2 is 1.71 bits per heavy atom. The van der Waals surface area contributed by atoms with E-state index in [1.165, 1.54) is 11.1 Å². The third-order valence-electron chi connectivity index (χ3n) is 2.41. The average Bonchev–Trinajstić information content (AvgIpc) is 2.21. The first kappa shape index (κ1) is 9.13. The summed E-state index contributed by atoms with van der Waals surface area (Å²) in [5, 5.41) is 9.21. The molecule has 0 heterocycles. The molecule has 1 N–H and O–H groups in total. The normalized spacial score (nSPS) is 16.0. The summed E-state index contributed by atoms with van der Waals surface area (Å²) in [6.07, 6.45) is 5.35. The van der Waals surface area contributed by atoms with Gasteiger partial charge in [0.05, 0.1) is 5.76 Å². The van der Waals surface area contributed by atoms with Crippen LogP contribution in [0.1, 0.15) is 18.4 Å². The van der Waals surface area contributed by atoms with Gasteiger partial charge in [-0.1, -0.05) is 35.8 Å². The molecule has 0 saturated heterocycles. The van der Waals surface area contributed by atoms with Crippen LogP contribution in [0.4, 0.5) is 0 Å². The van der Waals surface area contributed by atoms with Crippen molar-refractivity contribution in [3.63, 3.8) is 0 Å². The molecule has 0 aromatic heterocycles. The van der Waals surface area contributed by atoms with Crippen molar-refractivity contribution in [3.05, 3.63) is 47.7 Å². The van der Waals surface area contributed by atoms with Crippen LogP contribution in [0, 0.1) is 0 Å². The molecule has 0 aliphatic heterocycles. The largest absolute Gasteiger partial charge is 0.512 e. The molecule has 68 valence electrons. The summed E-state index contributed by atoms with van der Waals surface area (Å²) in [6, 6.07) is 7.82. The zero-order valence-electron chi connectivity index (χ0n) is 7.90. The quantitative estimate of drug-likeness (QED) is 0.659. The minimum absolute atomic E-state index is 0.462. The SMILES string of the molecule is [B]c1ccc(C2=CC=C(O)CC2)cc1. The van der Waals surface area contributed by atoms with E-state index in [0.29, 0.717) is 5.76 Å². The van der Waals surface area contributed by atoms with Crippen molar-refractivity contribution in [2.24, 2.45) is 0 Å². The number of hydrogen-bond donors (Lipinski definition) is 1. The van der Waals surface area contributed by atoms with E-state index in [1.807, 2.05) is 30.3 Å². The second-order valence-electron chi connectivity index (χ2n) is 3.47. The van der Waals surface area contributed by atoms with Gasteiger partial charge in [-0.05, 0) is 23.6 Å². The van der Waals surface area contributed by atoms with Gasteiger partial charge in [-0.15, -0.1) is 0 Å². The van der Waals surface area contributed by atoms with Gasteiger partial charge in [-0.2, -0.15) is 0 Å². The molecule has 0 atom stereocenters. The number of hydrogen-bond acceptors (Lipinski definition) is 1. The monoisotopic (exact) mass is 182 g/mol. The first-order valence-corrected chi connectivity index (χ1v) is 4.70. The fourth-order valence-electron chi connectivity index (χ4n) is 1.56. The standard InChI is InChI=1S/C12H11BO/c13-11-5-1-9(2-6-11)10-3-7-12(14)8-4-10/h1-3,5-7,14H,4,8H2. The van der Waals surface area contributed by atoms with E-state index in [2.05, 4.69) is 0 Å². The first-order valence-electron chi connectivity index (χ1n) is 4.70. The van der Waals surface area contributed by atoms with Gasteiger partial charge in [0, 0.05) is 6.42 Å². The maximum Gasteiger partial charge on any atom is 0.113 e. The molecule has 0 spiro atoms. The van der Waals surface area contributed by atoms with Crippen LogP contribution in [-0.2, 0) is 0 Å². The zero-order chi connectivity index (χ0) is 9.97. The highest BCUT2D eigenvalue weighted by Crippen LogP contribution is 2.24. The predicted octanol–water partition coefficient (Wildman–Crippen LogP) is 2.10. The maximum absolute atomic E-state index is 9.21. The molecule has 0 unspecified atom stereocenters. The molecule has 1 nitrogen and oxygen atoms in total. The van der Waals surface area contributed by atoms with E-state index in [4.69, 9.17) is 7.85 Å². The van der Waals surface area contributed by atoms with Crippen LogP contribution in [0.15, 0.2) is 42.2 Å². The van der Waals surface area contributed by atoms with Crippen LogP contribution in [0.3, 0.4) is 0 Å². The lowest BCUT2D eigenvalue weighted by Gasteiger charge is -2.11. The van der Waals surface area contributed by atoms with E-state index in [0.717, 1.165) is 18.3 Å². The second kappa shape index (κ2) is 3.75. The molecule has 2 heteroatoms. The number of benzene rings is 1. The molecule has 1 aliphatic carbocycles. The number of allylic oxidation sites excluding steroid dienone is 4. The first-order chi connectivity index (χ1) is 6.75. The number of rotatable bonds is 1.